The summed E-state index contributed by atoms with van der Waals surface area (Å²) in [5.41, 5.74) is 3.14. The predicted octanol–water partition coefficient (Wildman–Crippen LogP) is 3.19. The van der Waals surface area contributed by atoms with Gasteiger partial charge in [-0.15, -0.1) is 0 Å². The molecule has 0 saturated carbocycles. The first-order valence-electron chi connectivity index (χ1n) is 7.76. The van der Waals surface area contributed by atoms with Crippen molar-refractivity contribution < 1.29 is 0 Å². The van der Waals surface area contributed by atoms with Crippen LogP contribution in [0.1, 0.15) is 11.4 Å². The van der Waals surface area contributed by atoms with Crippen molar-refractivity contribution in [1.29, 1.82) is 0 Å². The minimum absolute atomic E-state index is 0.102. The average molecular weight is 316 g/mol. The van der Waals surface area contributed by atoms with Gasteiger partial charge in [0.15, 0.2) is 0 Å². The molecule has 4 aromatic rings. The monoisotopic (exact) mass is 316 g/mol. The van der Waals surface area contributed by atoms with Crippen LogP contribution >= 0.6 is 0 Å². The van der Waals surface area contributed by atoms with Gasteiger partial charge in [0.1, 0.15) is 0 Å². The van der Waals surface area contributed by atoms with Crippen LogP contribution in [-0.4, -0.2) is 19.3 Å². The molecule has 0 aliphatic carbocycles. The van der Waals surface area contributed by atoms with Crippen LogP contribution in [0.5, 0.6) is 0 Å². The largest absolute Gasteiger partial charge is 0.268 e. The van der Waals surface area contributed by atoms with E-state index in [-0.39, 0.29) is 5.56 Å². The highest BCUT2D eigenvalue weighted by Gasteiger charge is 2.16. The van der Waals surface area contributed by atoms with Crippen molar-refractivity contribution >= 4 is 10.9 Å². The Balaban J connectivity index is 2.15. The molecule has 24 heavy (non-hydrogen) atoms. The Kier molecular flexibility index (Phi) is 3.27. The first-order chi connectivity index (χ1) is 11.6. The summed E-state index contributed by atoms with van der Waals surface area (Å²) in [6.07, 6.45) is 0. The molecule has 0 atom stereocenters. The summed E-state index contributed by atoms with van der Waals surface area (Å²) in [6.45, 7) is 3.88. The lowest BCUT2D eigenvalue weighted by Gasteiger charge is -2.14. The molecular formula is C19H16N4O. The Labute approximate surface area is 138 Å². The van der Waals surface area contributed by atoms with Crippen LogP contribution in [-0.2, 0) is 0 Å². The Hall–Kier alpha value is -3.21. The fourth-order valence-corrected chi connectivity index (χ4v) is 2.90. The van der Waals surface area contributed by atoms with Gasteiger partial charge in [-0.25, -0.2) is 14.2 Å². The quantitative estimate of drug-likeness (QED) is 0.571. The van der Waals surface area contributed by atoms with E-state index >= 15 is 0 Å². The minimum Gasteiger partial charge on any atom is -0.268 e. The van der Waals surface area contributed by atoms with E-state index in [0.29, 0.717) is 16.9 Å². The maximum Gasteiger partial charge on any atom is 0.267 e. The van der Waals surface area contributed by atoms with Crippen molar-refractivity contribution in [2.24, 2.45) is 0 Å². The van der Waals surface area contributed by atoms with Gasteiger partial charge in [-0.1, -0.05) is 30.3 Å². The number of nitrogens with zero attached hydrogens (tertiary/aromatic N) is 4. The van der Waals surface area contributed by atoms with Gasteiger partial charge in [-0.05, 0) is 44.2 Å². The van der Waals surface area contributed by atoms with Crippen LogP contribution in [0.15, 0.2) is 65.5 Å². The number of hydrogen-bond acceptors (Lipinski definition) is 3. The zero-order chi connectivity index (χ0) is 16.7. The van der Waals surface area contributed by atoms with Gasteiger partial charge < -0.3 is 0 Å². The Bertz CT molecular complexity index is 1090. The summed E-state index contributed by atoms with van der Waals surface area (Å²) >= 11 is 0. The van der Waals surface area contributed by atoms with Crippen LogP contribution < -0.4 is 5.56 Å². The van der Waals surface area contributed by atoms with Gasteiger partial charge in [0, 0.05) is 5.69 Å². The molecule has 0 unspecified atom stereocenters. The van der Waals surface area contributed by atoms with E-state index in [1.54, 1.807) is 15.3 Å². The maximum atomic E-state index is 13.1. The third-order valence-electron chi connectivity index (χ3n) is 3.97. The summed E-state index contributed by atoms with van der Waals surface area (Å²) in [4.78, 5) is 17.8. The van der Waals surface area contributed by atoms with E-state index in [4.69, 9.17) is 4.98 Å². The second-order valence-corrected chi connectivity index (χ2v) is 5.74. The molecular weight excluding hydrogens is 300 g/mol. The Morgan fingerprint density at radius 1 is 0.917 bits per heavy atom. The number of fused-ring (bicyclic) bond motifs is 1. The van der Waals surface area contributed by atoms with Crippen LogP contribution in [0.2, 0.25) is 0 Å². The molecule has 0 aliphatic rings. The van der Waals surface area contributed by atoms with E-state index in [9.17, 15) is 4.79 Å². The van der Waals surface area contributed by atoms with Crippen molar-refractivity contribution in [3.05, 3.63) is 82.4 Å². The van der Waals surface area contributed by atoms with Crippen molar-refractivity contribution in [3.63, 3.8) is 0 Å². The summed E-state index contributed by atoms with van der Waals surface area (Å²) in [7, 11) is 0. The molecule has 5 heteroatoms. The van der Waals surface area contributed by atoms with E-state index in [0.717, 1.165) is 17.1 Å². The first kappa shape index (κ1) is 14.4. The topological polar surface area (TPSA) is 52.7 Å². The number of para-hydroxylation sites is 2. The van der Waals surface area contributed by atoms with Gasteiger partial charge in [0.2, 0.25) is 5.95 Å². The van der Waals surface area contributed by atoms with Gasteiger partial charge in [0.25, 0.3) is 5.56 Å². The first-order valence-corrected chi connectivity index (χ1v) is 7.76. The van der Waals surface area contributed by atoms with E-state index in [2.05, 4.69) is 5.10 Å². The molecule has 118 valence electrons. The molecule has 0 saturated heterocycles. The number of benzene rings is 2. The van der Waals surface area contributed by atoms with Crippen molar-refractivity contribution in [3.8, 4) is 11.6 Å². The van der Waals surface area contributed by atoms with Gasteiger partial charge in [-0.2, -0.15) is 5.10 Å². The number of aromatic nitrogens is 4. The molecule has 2 heterocycles. The third-order valence-corrected chi connectivity index (χ3v) is 3.97. The highest BCUT2D eigenvalue weighted by molar-refractivity contribution is 5.78. The molecule has 2 aromatic carbocycles. The lowest BCUT2D eigenvalue weighted by molar-refractivity contribution is 0.736. The van der Waals surface area contributed by atoms with Crippen LogP contribution in [0.25, 0.3) is 22.5 Å². The standard InChI is InChI=1S/C19H16N4O/c1-13-12-14(2)23(21-13)19-20-17-11-7-6-10-16(17)18(24)22(19)15-8-4-3-5-9-15/h3-12H,1-2H3. The number of rotatable bonds is 2. The molecule has 0 fully saturated rings. The molecule has 0 bridgehead atoms. The summed E-state index contributed by atoms with van der Waals surface area (Å²) in [5.74, 6) is 0.496. The second-order valence-electron chi connectivity index (χ2n) is 5.74. The van der Waals surface area contributed by atoms with Crippen LogP contribution in [0.3, 0.4) is 0 Å². The average Bonchev–Trinajstić information content (AvgIpc) is 2.94. The summed E-state index contributed by atoms with van der Waals surface area (Å²) in [6, 6.07) is 18.9. The van der Waals surface area contributed by atoms with E-state index in [1.807, 2.05) is 68.4 Å². The zero-order valence-corrected chi connectivity index (χ0v) is 13.5. The highest BCUT2D eigenvalue weighted by atomic mass is 16.1. The molecule has 0 N–H and O–H groups in total. The normalized spacial score (nSPS) is 11.1. The molecule has 4 rings (SSSR count). The predicted molar refractivity (Wildman–Crippen MR) is 93.9 cm³/mol. The molecule has 0 amide bonds. The maximum absolute atomic E-state index is 13.1. The third kappa shape index (κ3) is 2.22. The van der Waals surface area contributed by atoms with Crippen LogP contribution in [0, 0.1) is 13.8 Å². The molecule has 0 spiro atoms. The minimum atomic E-state index is -0.102. The zero-order valence-electron chi connectivity index (χ0n) is 13.5. The molecule has 2 aromatic heterocycles. The SMILES string of the molecule is Cc1cc(C)n(-c2nc3ccccc3c(=O)n2-c2ccccc2)n1. The van der Waals surface area contributed by atoms with Gasteiger partial charge in [0.05, 0.1) is 22.3 Å². The van der Waals surface area contributed by atoms with Crippen molar-refractivity contribution in [2.75, 3.05) is 0 Å². The fourth-order valence-electron chi connectivity index (χ4n) is 2.90. The molecule has 5 nitrogen and oxygen atoms in total. The van der Waals surface area contributed by atoms with Crippen LogP contribution in [0.4, 0.5) is 0 Å². The second kappa shape index (κ2) is 5.45. The van der Waals surface area contributed by atoms with Gasteiger partial charge in [-0.3, -0.25) is 4.79 Å². The van der Waals surface area contributed by atoms with Gasteiger partial charge >= 0.3 is 0 Å². The lowest BCUT2D eigenvalue weighted by Crippen LogP contribution is -2.25. The highest BCUT2D eigenvalue weighted by Crippen LogP contribution is 2.17. The van der Waals surface area contributed by atoms with E-state index in [1.165, 1.54) is 0 Å². The smallest absolute Gasteiger partial charge is 0.267 e. The van der Waals surface area contributed by atoms with Crippen molar-refractivity contribution in [1.82, 2.24) is 19.3 Å². The summed E-state index contributed by atoms with van der Waals surface area (Å²) < 4.78 is 3.33. The summed E-state index contributed by atoms with van der Waals surface area (Å²) in [5, 5.41) is 5.10. The molecule has 0 aliphatic heterocycles. The number of hydrogen-bond donors (Lipinski definition) is 0. The Morgan fingerprint density at radius 3 is 2.33 bits per heavy atom. The number of aryl methyl sites for hydroxylation is 2. The molecule has 0 radical (unpaired) electrons. The van der Waals surface area contributed by atoms with Crippen molar-refractivity contribution in [2.45, 2.75) is 13.8 Å². The van der Waals surface area contributed by atoms with E-state index < -0.39 is 0 Å². The lowest BCUT2D eigenvalue weighted by atomic mass is 10.2. The Morgan fingerprint density at radius 2 is 1.62 bits per heavy atom. The fraction of sp³-hybridized carbons (Fsp3) is 0.105.